The zero-order valence-corrected chi connectivity index (χ0v) is 13.7. The molecule has 0 fully saturated rings. The quantitative estimate of drug-likeness (QED) is 0.562. The average molecular weight is 358 g/mol. The first-order valence-corrected chi connectivity index (χ1v) is 7.88. The highest BCUT2D eigenvalue weighted by molar-refractivity contribution is 9.09. The van der Waals surface area contributed by atoms with Crippen LogP contribution >= 0.6 is 39.1 Å². The van der Waals surface area contributed by atoms with Crippen LogP contribution in [-0.2, 0) is 6.42 Å². The summed E-state index contributed by atoms with van der Waals surface area (Å²) >= 11 is 16.2. The van der Waals surface area contributed by atoms with Gasteiger partial charge in [-0.1, -0.05) is 82.5 Å². The van der Waals surface area contributed by atoms with Gasteiger partial charge in [0, 0.05) is 14.9 Å². The average Bonchev–Trinajstić information content (AvgIpc) is 2.43. The Kier molecular flexibility index (Phi) is 5.32. The van der Waals surface area contributed by atoms with E-state index in [0.29, 0.717) is 10.7 Å². The van der Waals surface area contributed by atoms with Crippen LogP contribution in [0.4, 0.5) is 0 Å². The SMILES string of the molecule is CC(Cc1c(Cl)cccc1Cl)C(Br)c1ccccc1. The van der Waals surface area contributed by atoms with E-state index in [9.17, 15) is 0 Å². The topological polar surface area (TPSA) is 0 Å². The van der Waals surface area contributed by atoms with Crippen molar-refractivity contribution >= 4 is 39.1 Å². The zero-order valence-electron chi connectivity index (χ0n) is 10.6. The summed E-state index contributed by atoms with van der Waals surface area (Å²) in [5.41, 5.74) is 2.30. The highest BCUT2D eigenvalue weighted by Gasteiger charge is 2.18. The third kappa shape index (κ3) is 3.75. The molecule has 0 nitrogen and oxygen atoms in total. The van der Waals surface area contributed by atoms with Gasteiger partial charge in [-0.25, -0.2) is 0 Å². The van der Waals surface area contributed by atoms with Gasteiger partial charge in [0.1, 0.15) is 0 Å². The number of halogens is 3. The second kappa shape index (κ2) is 6.78. The molecule has 0 aliphatic carbocycles. The maximum atomic E-state index is 6.22. The highest BCUT2D eigenvalue weighted by Crippen LogP contribution is 2.36. The van der Waals surface area contributed by atoms with Crippen molar-refractivity contribution in [1.82, 2.24) is 0 Å². The van der Waals surface area contributed by atoms with E-state index in [-0.39, 0.29) is 0 Å². The molecular formula is C16H15BrCl2. The molecule has 2 aromatic rings. The number of hydrogen-bond donors (Lipinski definition) is 0. The largest absolute Gasteiger partial charge is 0.0840 e. The first kappa shape index (κ1) is 14.9. The van der Waals surface area contributed by atoms with E-state index in [2.05, 4.69) is 47.1 Å². The second-order valence-electron chi connectivity index (χ2n) is 4.69. The second-order valence-corrected chi connectivity index (χ2v) is 6.49. The molecule has 0 aliphatic heterocycles. The molecule has 0 spiro atoms. The Morgan fingerprint density at radius 2 is 1.53 bits per heavy atom. The van der Waals surface area contributed by atoms with Crippen molar-refractivity contribution in [1.29, 1.82) is 0 Å². The van der Waals surface area contributed by atoms with Crippen molar-refractivity contribution in [3.8, 4) is 0 Å². The van der Waals surface area contributed by atoms with Crippen molar-refractivity contribution in [3.63, 3.8) is 0 Å². The maximum absolute atomic E-state index is 6.22. The summed E-state index contributed by atoms with van der Waals surface area (Å²) in [5, 5.41) is 1.49. The van der Waals surface area contributed by atoms with Crippen LogP contribution in [0.2, 0.25) is 10.0 Å². The molecule has 0 saturated heterocycles. The minimum Gasteiger partial charge on any atom is -0.0840 e. The minimum absolute atomic E-state index is 0.293. The summed E-state index contributed by atoms with van der Waals surface area (Å²) in [6.07, 6.45) is 0.851. The Labute approximate surface area is 132 Å². The molecule has 100 valence electrons. The lowest BCUT2D eigenvalue weighted by molar-refractivity contribution is 0.572. The van der Waals surface area contributed by atoms with Crippen LogP contribution in [0.1, 0.15) is 22.9 Å². The molecule has 3 heteroatoms. The van der Waals surface area contributed by atoms with E-state index in [1.165, 1.54) is 5.56 Å². The third-order valence-electron chi connectivity index (χ3n) is 3.21. The van der Waals surface area contributed by atoms with Gasteiger partial charge in [0.05, 0.1) is 0 Å². The highest BCUT2D eigenvalue weighted by atomic mass is 79.9. The predicted molar refractivity (Wildman–Crippen MR) is 87.4 cm³/mol. The number of alkyl halides is 1. The number of hydrogen-bond acceptors (Lipinski definition) is 0. The maximum Gasteiger partial charge on any atom is 0.0452 e. The van der Waals surface area contributed by atoms with Gasteiger partial charge in [-0.05, 0) is 35.6 Å². The molecule has 2 unspecified atom stereocenters. The lowest BCUT2D eigenvalue weighted by Crippen LogP contribution is -2.08. The third-order valence-corrected chi connectivity index (χ3v) is 5.34. The van der Waals surface area contributed by atoms with Gasteiger partial charge in [-0.15, -0.1) is 0 Å². The Morgan fingerprint density at radius 3 is 2.11 bits per heavy atom. The lowest BCUT2D eigenvalue weighted by atomic mass is 9.94. The van der Waals surface area contributed by atoms with E-state index in [0.717, 1.165) is 22.0 Å². The van der Waals surface area contributed by atoms with Crippen LogP contribution in [0.15, 0.2) is 48.5 Å². The van der Waals surface area contributed by atoms with Crippen LogP contribution in [0.25, 0.3) is 0 Å². The van der Waals surface area contributed by atoms with E-state index >= 15 is 0 Å². The van der Waals surface area contributed by atoms with Gasteiger partial charge in [-0.3, -0.25) is 0 Å². The summed E-state index contributed by atoms with van der Waals surface area (Å²) in [7, 11) is 0. The smallest absolute Gasteiger partial charge is 0.0452 e. The molecule has 0 amide bonds. The first-order valence-electron chi connectivity index (χ1n) is 6.21. The van der Waals surface area contributed by atoms with Gasteiger partial charge in [-0.2, -0.15) is 0 Å². The van der Waals surface area contributed by atoms with E-state index in [4.69, 9.17) is 23.2 Å². The normalized spacial score (nSPS) is 14.1. The van der Waals surface area contributed by atoms with Gasteiger partial charge in [0.2, 0.25) is 0 Å². The molecule has 2 atom stereocenters. The number of rotatable bonds is 4. The monoisotopic (exact) mass is 356 g/mol. The van der Waals surface area contributed by atoms with Gasteiger partial charge >= 0.3 is 0 Å². The van der Waals surface area contributed by atoms with E-state index in [1.54, 1.807) is 0 Å². The fraction of sp³-hybridized carbons (Fsp3) is 0.250. The molecule has 0 aliphatic rings. The van der Waals surface area contributed by atoms with Crippen molar-refractivity contribution in [2.24, 2.45) is 5.92 Å². The molecule has 0 aromatic heterocycles. The lowest BCUT2D eigenvalue weighted by Gasteiger charge is -2.20. The van der Waals surface area contributed by atoms with Crippen molar-refractivity contribution < 1.29 is 0 Å². The summed E-state index contributed by atoms with van der Waals surface area (Å²) in [4.78, 5) is 0.293. The summed E-state index contributed by atoms with van der Waals surface area (Å²) in [6.45, 7) is 2.20. The van der Waals surface area contributed by atoms with Crippen LogP contribution in [-0.4, -0.2) is 0 Å². The Hall–Kier alpha value is -0.500. The summed E-state index contributed by atoms with van der Waals surface area (Å²) in [6, 6.07) is 16.1. The fourth-order valence-electron chi connectivity index (χ4n) is 2.12. The summed E-state index contributed by atoms with van der Waals surface area (Å²) < 4.78 is 0. The molecule has 0 N–H and O–H groups in total. The van der Waals surface area contributed by atoms with Crippen LogP contribution in [0.3, 0.4) is 0 Å². The van der Waals surface area contributed by atoms with Crippen LogP contribution in [0, 0.1) is 5.92 Å². The van der Waals surface area contributed by atoms with E-state index < -0.39 is 0 Å². The Bertz CT molecular complexity index is 519. The molecule has 2 aromatic carbocycles. The standard InChI is InChI=1S/C16H15BrCl2/c1-11(16(17)12-6-3-2-4-7-12)10-13-14(18)8-5-9-15(13)19/h2-9,11,16H,10H2,1H3. The van der Waals surface area contributed by atoms with Crippen molar-refractivity contribution in [2.75, 3.05) is 0 Å². The molecule has 2 rings (SSSR count). The molecule has 0 bridgehead atoms. The number of benzene rings is 2. The molecular weight excluding hydrogens is 343 g/mol. The summed E-state index contributed by atoms with van der Waals surface area (Å²) in [5.74, 6) is 0.403. The molecule has 0 saturated carbocycles. The Morgan fingerprint density at radius 1 is 0.947 bits per heavy atom. The molecule has 0 heterocycles. The Balaban J connectivity index is 2.15. The van der Waals surface area contributed by atoms with Gasteiger partial charge < -0.3 is 0 Å². The molecule has 19 heavy (non-hydrogen) atoms. The van der Waals surface area contributed by atoms with Crippen LogP contribution < -0.4 is 0 Å². The van der Waals surface area contributed by atoms with Crippen molar-refractivity contribution in [3.05, 3.63) is 69.7 Å². The fourth-order valence-corrected chi connectivity index (χ4v) is 3.16. The molecule has 0 radical (unpaired) electrons. The van der Waals surface area contributed by atoms with Crippen molar-refractivity contribution in [2.45, 2.75) is 18.2 Å². The zero-order chi connectivity index (χ0) is 13.8. The van der Waals surface area contributed by atoms with Crippen LogP contribution in [0.5, 0.6) is 0 Å². The van der Waals surface area contributed by atoms with E-state index in [1.807, 2.05) is 24.3 Å². The first-order chi connectivity index (χ1) is 9.09. The predicted octanol–water partition coefficient (Wildman–Crippen LogP) is 6.31. The van der Waals surface area contributed by atoms with Gasteiger partial charge in [0.25, 0.3) is 0 Å². The minimum atomic E-state index is 0.293. The van der Waals surface area contributed by atoms with Gasteiger partial charge in [0.15, 0.2) is 0 Å².